The minimum absolute atomic E-state index is 0.0368. The van der Waals surface area contributed by atoms with Crippen molar-refractivity contribution < 1.29 is 32.2 Å². The second-order valence-electron chi connectivity index (χ2n) is 6.59. The number of methoxy groups -OCH3 is 2. The number of carbonyl (C=O) groups excluding carboxylic acids is 2. The molecule has 0 saturated heterocycles. The van der Waals surface area contributed by atoms with Gasteiger partial charge in [-0.3, -0.25) is 9.59 Å². The zero-order valence-corrected chi connectivity index (χ0v) is 15.9. The van der Waals surface area contributed by atoms with Gasteiger partial charge in [-0.05, 0) is 36.8 Å². The van der Waals surface area contributed by atoms with E-state index in [0.717, 1.165) is 13.2 Å². The van der Waals surface area contributed by atoms with E-state index in [2.05, 4.69) is 5.32 Å². The first-order valence-corrected chi connectivity index (χ1v) is 8.60. The van der Waals surface area contributed by atoms with Crippen molar-refractivity contribution in [1.29, 1.82) is 0 Å². The Balaban J connectivity index is 2.42. The molecule has 0 radical (unpaired) electrons. The lowest BCUT2D eigenvalue weighted by molar-refractivity contribution is -0.152. The lowest BCUT2D eigenvalue weighted by Gasteiger charge is -2.28. The maximum absolute atomic E-state index is 13.6. The molecule has 0 bridgehead atoms. The summed E-state index contributed by atoms with van der Waals surface area (Å²) in [6.45, 7) is 1.31. The molecule has 152 valence electrons. The van der Waals surface area contributed by atoms with Crippen molar-refractivity contribution in [3.8, 4) is 5.75 Å². The van der Waals surface area contributed by atoms with Crippen LogP contribution in [0.25, 0.3) is 11.6 Å². The van der Waals surface area contributed by atoms with E-state index >= 15 is 0 Å². The molecule has 1 heterocycles. The summed E-state index contributed by atoms with van der Waals surface area (Å²) >= 11 is 0. The van der Waals surface area contributed by atoms with Crippen LogP contribution in [0.15, 0.2) is 42.5 Å². The van der Waals surface area contributed by atoms with E-state index in [1.165, 1.54) is 32.2 Å². The molecule has 0 aromatic heterocycles. The number of hydrogen-bond acceptors (Lipinski definition) is 4. The average molecular weight is 405 g/mol. The van der Waals surface area contributed by atoms with Gasteiger partial charge < -0.3 is 14.8 Å². The Labute approximate surface area is 165 Å². The molecule has 0 aliphatic carbocycles. The number of fused-ring (bicyclic) bond motifs is 1. The summed E-state index contributed by atoms with van der Waals surface area (Å²) < 4.78 is 51.1. The van der Waals surface area contributed by atoms with Gasteiger partial charge in [0.25, 0.3) is 0 Å². The standard InChI is InChI=1S/C21H18F3NO4/c1-20(19(27)29-3)15(12-7-4-5-10-17(12)28-2)11-13-14(21(22,23)24)8-6-9-16(13)25-18(20)26/h4-11H,1-3H3,(H,25,26). The zero-order valence-electron chi connectivity index (χ0n) is 15.9. The van der Waals surface area contributed by atoms with Crippen LogP contribution < -0.4 is 10.1 Å². The maximum Gasteiger partial charge on any atom is 0.417 e. The molecule has 1 N–H and O–H groups in total. The lowest BCUT2D eigenvalue weighted by Crippen LogP contribution is -2.41. The predicted octanol–water partition coefficient (Wildman–Crippen LogP) is 4.39. The van der Waals surface area contributed by atoms with Gasteiger partial charge in [0.15, 0.2) is 5.41 Å². The van der Waals surface area contributed by atoms with E-state index < -0.39 is 29.0 Å². The Morgan fingerprint density at radius 1 is 1.07 bits per heavy atom. The van der Waals surface area contributed by atoms with Crippen molar-refractivity contribution in [2.75, 3.05) is 19.5 Å². The molecule has 1 unspecified atom stereocenters. The molecule has 3 rings (SSSR count). The first-order chi connectivity index (χ1) is 13.6. The second-order valence-corrected chi connectivity index (χ2v) is 6.59. The normalized spacial score (nSPS) is 18.8. The fourth-order valence-electron chi connectivity index (χ4n) is 3.36. The average Bonchev–Trinajstić information content (AvgIpc) is 2.81. The number of esters is 1. The highest BCUT2D eigenvalue weighted by Crippen LogP contribution is 2.47. The van der Waals surface area contributed by atoms with Crippen LogP contribution in [0.5, 0.6) is 5.75 Å². The van der Waals surface area contributed by atoms with Gasteiger partial charge in [0.05, 0.1) is 19.8 Å². The van der Waals surface area contributed by atoms with Gasteiger partial charge in [0, 0.05) is 16.8 Å². The third kappa shape index (κ3) is 3.35. The van der Waals surface area contributed by atoms with Crippen molar-refractivity contribution in [2.24, 2.45) is 5.41 Å². The zero-order chi connectivity index (χ0) is 21.4. The van der Waals surface area contributed by atoms with E-state index in [0.29, 0.717) is 11.3 Å². The van der Waals surface area contributed by atoms with Gasteiger partial charge in [0.2, 0.25) is 5.91 Å². The van der Waals surface area contributed by atoms with Crippen LogP contribution in [-0.4, -0.2) is 26.1 Å². The number of anilines is 1. The number of amides is 1. The van der Waals surface area contributed by atoms with E-state index in [4.69, 9.17) is 9.47 Å². The number of alkyl halides is 3. The Morgan fingerprint density at radius 3 is 2.38 bits per heavy atom. The molecular formula is C21H18F3NO4. The number of nitrogens with one attached hydrogen (secondary N) is 1. The largest absolute Gasteiger partial charge is 0.496 e. The Morgan fingerprint density at radius 2 is 1.76 bits per heavy atom. The smallest absolute Gasteiger partial charge is 0.417 e. The topological polar surface area (TPSA) is 64.6 Å². The summed E-state index contributed by atoms with van der Waals surface area (Å²) in [7, 11) is 2.50. The number of ether oxygens (including phenoxy) is 2. The molecule has 29 heavy (non-hydrogen) atoms. The van der Waals surface area contributed by atoms with Crippen molar-refractivity contribution in [3.05, 3.63) is 59.2 Å². The summed E-state index contributed by atoms with van der Waals surface area (Å²) in [5.74, 6) is -1.41. The maximum atomic E-state index is 13.6. The van der Waals surface area contributed by atoms with Crippen LogP contribution in [0.1, 0.15) is 23.6 Å². The van der Waals surface area contributed by atoms with Gasteiger partial charge in [-0.1, -0.05) is 24.3 Å². The number of rotatable bonds is 3. The quantitative estimate of drug-likeness (QED) is 0.608. The van der Waals surface area contributed by atoms with E-state index in [1.54, 1.807) is 24.3 Å². The molecule has 8 heteroatoms. The summed E-state index contributed by atoms with van der Waals surface area (Å²) in [6, 6.07) is 9.93. The molecule has 1 atom stereocenters. The third-order valence-corrected chi connectivity index (χ3v) is 4.93. The Bertz CT molecular complexity index is 1010. The molecule has 1 aliphatic rings. The highest BCUT2D eigenvalue weighted by atomic mass is 19.4. The van der Waals surface area contributed by atoms with Gasteiger partial charge in [-0.2, -0.15) is 13.2 Å². The number of hydrogen-bond donors (Lipinski definition) is 1. The first-order valence-electron chi connectivity index (χ1n) is 8.60. The highest BCUT2D eigenvalue weighted by Gasteiger charge is 2.49. The van der Waals surface area contributed by atoms with Crippen molar-refractivity contribution >= 4 is 29.2 Å². The van der Waals surface area contributed by atoms with Crippen LogP contribution in [0, 0.1) is 5.41 Å². The van der Waals surface area contributed by atoms with Gasteiger partial charge >= 0.3 is 12.1 Å². The summed E-state index contributed by atoms with van der Waals surface area (Å²) in [5, 5.41) is 2.45. The monoisotopic (exact) mass is 405 g/mol. The van der Waals surface area contributed by atoms with Gasteiger partial charge in [-0.15, -0.1) is 0 Å². The molecule has 1 amide bonds. The fourth-order valence-corrected chi connectivity index (χ4v) is 3.36. The molecular weight excluding hydrogens is 387 g/mol. The highest BCUT2D eigenvalue weighted by molar-refractivity contribution is 6.22. The second kappa shape index (κ2) is 7.27. The summed E-state index contributed by atoms with van der Waals surface area (Å²) in [5.41, 5.74) is -2.80. The molecule has 2 aromatic rings. The third-order valence-electron chi connectivity index (χ3n) is 4.93. The predicted molar refractivity (Wildman–Crippen MR) is 101 cm³/mol. The van der Waals surface area contributed by atoms with E-state index in [-0.39, 0.29) is 16.8 Å². The van der Waals surface area contributed by atoms with E-state index in [9.17, 15) is 22.8 Å². The number of para-hydroxylation sites is 1. The Hall–Kier alpha value is -3.29. The SMILES string of the molecule is COC(=O)C1(C)C(=O)Nc2cccc(C(F)(F)F)c2C=C1c1ccccc1OC. The van der Waals surface area contributed by atoms with E-state index in [1.807, 2.05) is 0 Å². The molecule has 0 saturated carbocycles. The number of halogens is 3. The van der Waals surface area contributed by atoms with Crippen LogP contribution in [0.4, 0.5) is 18.9 Å². The van der Waals surface area contributed by atoms with Crippen LogP contribution in [0.2, 0.25) is 0 Å². The van der Waals surface area contributed by atoms with Crippen LogP contribution >= 0.6 is 0 Å². The molecule has 0 spiro atoms. The molecule has 0 fully saturated rings. The number of carbonyl (C=O) groups is 2. The number of benzene rings is 2. The Kier molecular flexibility index (Phi) is 5.13. The minimum atomic E-state index is -4.66. The van der Waals surface area contributed by atoms with Crippen molar-refractivity contribution in [2.45, 2.75) is 13.1 Å². The minimum Gasteiger partial charge on any atom is -0.496 e. The lowest BCUT2D eigenvalue weighted by atomic mass is 9.76. The van der Waals surface area contributed by atoms with Gasteiger partial charge in [0.1, 0.15) is 5.75 Å². The van der Waals surface area contributed by atoms with Crippen LogP contribution in [-0.2, 0) is 20.5 Å². The van der Waals surface area contributed by atoms with Crippen molar-refractivity contribution in [1.82, 2.24) is 0 Å². The van der Waals surface area contributed by atoms with Crippen molar-refractivity contribution in [3.63, 3.8) is 0 Å². The van der Waals surface area contributed by atoms with Gasteiger partial charge in [-0.25, -0.2) is 0 Å². The van der Waals surface area contributed by atoms with Crippen LogP contribution in [0.3, 0.4) is 0 Å². The summed E-state index contributed by atoms with van der Waals surface area (Å²) in [6.07, 6.45) is -3.46. The molecule has 1 aliphatic heterocycles. The molecule has 2 aromatic carbocycles. The molecule has 5 nitrogen and oxygen atoms in total. The fraction of sp³-hybridized carbons (Fsp3) is 0.238. The first kappa shape index (κ1) is 20.4. The summed E-state index contributed by atoms with van der Waals surface area (Å²) in [4.78, 5) is 25.7.